The lowest BCUT2D eigenvalue weighted by molar-refractivity contribution is -0.165. The molecule has 1 fully saturated rings. The van der Waals surface area contributed by atoms with Crippen LogP contribution in [-0.2, 0) is 13.9 Å². The number of methoxy groups -OCH3 is 1. The van der Waals surface area contributed by atoms with Gasteiger partial charge in [-0.2, -0.15) is 5.26 Å². The fourth-order valence-electron chi connectivity index (χ4n) is 3.59. The van der Waals surface area contributed by atoms with Crippen molar-refractivity contribution in [1.82, 2.24) is 0 Å². The van der Waals surface area contributed by atoms with Gasteiger partial charge in [0.2, 0.25) is 0 Å². The molecule has 0 aromatic carbocycles. The summed E-state index contributed by atoms with van der Waals surface area (Å²) in [6, 6.07) is 5.50. The van der Waals surface area contributed by atoms with Crippen LogP contribution < -0.4 is 0 Å². The molecule has 0 saturated carbocycles. The lowest BCUT2D eigenvalue weighted by Gasteiger charge is -2.49. The Labute approximate surface area is 148 Å². The standard InChI is InChI=1S/C18H35NO4Si/c1-7-24(8-2,9-3)23-17-11-15(12-19)22-16(18(17,4)5)10-14(20)13-21-6/h14-17,20H,7-11,13H2,1-6H3/t14-,15+,16-,17-/m1/s1. The molecule has 24 heavy (non-hydrogen) atoms. The Balaban J connectivity index is 2.99. The number of nitriles is 1. The van der Waals surface area contributed by atoms with Crippen LogP contribution in [0, 0.1) is 16.7 Å². The summed E-state index contributed by atoms with van der Waals surface area (Å²) >= 11 is 0. The maximum atomic E-state index is 10.1. The quantitative estimate of drug-likeness (QED) is 0.640. The molecule has 0 radical (unpaired) electrons. The monoisotopic (exact) mass is 357 g/mol. The summed E-state index contributed by atoms with van der Waals surface area (Å²) in [6.07, 6.45) is -0.235. The van der Waals surface area contributed by atoms with E-state index in [0.717, 1.165) is 18.1 Å². The van der Waals surface area contributed by atoms with Crippen molar-refractivity contribution >= 4 is 8.32 Å². The Morgan fingerprint density at radius 2 is 1.88 bits per heavy atom. The summed E-state index contributed by atoms with van der Waals surface area (Å²) in [6.45, 7) is 11.2. The van der Waals surface area contributed by atoms with E-state index in [2.05, 4.69) is 40.7 Å². The highest BCUT2D eigenvalue weighted by Gasteiger charge is 2.48. The van der Waals surface area contributed by atoms with Crippen molar-refractivity contribution < 1.29 is 19.0 Å². The molecule has 140 valence electrons. The largest absolute Gasteiger partial charge is 0.413 e. The van der Waals surface area contributed by atoms with Crippen LogP contribution in [0.1, 0.15) is 47.5 Å². The first kappa shape index (κ1) is 21.6. The van der Waals surface area contributed by atoms with E-state index in [0.29, 0.717) is 12.8 Å². The Kier molecular flexibility index (Phi) is 8.37. The molecular formula is C18H35NO4Si. The van der Waals surface area contributed by atoms with Gasteiger partial charge in [-0.1, -0.05) is 34.6 Å². The normalized spacial score (nSPS) is 28.3. The molecule has 1 rings (SSSR count). The van der Waals surface area contributed by atoms with Gasteiger partial charge in [-0.25, -0.2) is 0 Å². The van der Waals surface area contributed by atoms with E-state index in [-0.39, 0.29) is 24.2 Å². The predicted octanol–water partition coefficient (Wildman–Crippen LogP) is 3.48. The number of ether oxygens (including phenoxy) is 2. The summed E-state index contributed by atoms with van der Waals surface area (Å²) in [7, 11) is -0.200. The molecule has 0 spiro atoms. The maximum absolute atomic E-state index is 10.1. The average molecular weight is 358 g/mol. The molecule has 1 saturated heterocycles. The molecule has 0 amide bonds. The van der Waals surface area contributed by atoms with Gasteiger partial charge in [0.1, 0.15) is 6.10 Å². The fraction of sp³-hybridized carbons (Fsp3) is 0.944. The Morgan fingerprint density at radius 1 is 1.29 bits per heavy atom. The van der Waals surface area contributed by atoms with Crippen LogP contribution in [0.4, 0.5) is 0 Å². The lowest BCUT2D eigenvalue weighted by Crippen LogP contribution is -2.56. The number of aliphatic hydroxyl groups excluding tert-OH is 1. The molecule has 0 aromatic heterocycles. The van der Waals surface area contributed by atoms with Gasteiger partial charge in [0.05, 0.1) is 31.0 Å². The highest BCUT2D eigenvalue weighted by molar-refractivity contribution is 6.73. The van der Waals surface area contributed by atoms with Crippen LogP contribution in [-0.4, -0.2) is 51.6 Å². The van der Waals surface area contributed by atoms with Gasteiger partial charge in [-0.15, -0.1) is 0 Å². The third kappa shape index (κ3) is 5.03. The molecule has 0 aliphatic carbocycles. The third-order valence-electron chi connectivity index (χ3n) is 5.73. The Hall–Kier alpha value is -0.453. The Morgan fingerprint density at radius 3 is 2.33 bits per heavy atom. The molecule has 0 bridgehead atoms. The molecule has 5 nitrogen and oxygen atoms in total. The molecule has 1 aliphatic heterocycles. The number of hydrogen-bond donors (Lipinski definition) is 1. The topological polar surface area (TPSA) is 71.7 Å². The number of aliphatic hydroxyl groups is 1. The van der Waals surface area contributed by atoms with Crippen molar-refractivity contribution in [1.29, 1.82) is 5.26 Å². The first-order valence-electron chi connectivity index (χ1n) is 9.18. The highest BCUT2D eigenvalue weighted by Crippen LogP contribution is 2.42. The first-order valence-corrected chi connectivity index (χ1v) is 11.7. The molecule has 1 heterocycles. The summed E-state index contributed by atoms with van der Waals surface area (Å²) < 4.78 is 17.7. The van der Waals surface area contributed by atoms with E-state index < -0.39 is 20.5 Å². The zero-order chi connectivity index (χ0) is 18.4. The zero-order valence-electron chi connectivity index (χ0n) is 16.2. The fourth-order valence-corrected chi connectivity index (χ4v) is 6.59. The number of hydrogen-bond acceptors (Lipinski definition) is 5. The second kappa shape index (κ2) is 9.30. The van der Waals surface area contributed by atoms with Crippen LogP contribution in [0.5, 0.6) is 0 Å². The molecule has 0 unspecified atom stereocenters. The van der Waals surface area contributed by atoms with Crippen LogP contribution in [0.25, 0.3) is 0 Å². The van der Waals surface area contributed by atoms with Gasteiger partial charge in [0, 0.05) is 25.4 Å². The van der Waals surface area contributed by atoms with E-state index in [1.165, 1.54) is 0 Å². The van der Waals surface area contributed by atoms with Gasteiger partial charge in [-0.05, 0) is 18.1 Å². The van der Waals surface area contributed by atoms with Crippen molar-refractivity contribution in [2.75, 3.05) is 13.7 Å². The minimum absolute atomic E-state index is 0.0119. The van der Waals surface area contributed by atoms with E-state index in [9.17, 15) is 10.4 Å². The zero-order valence-corrected chi connectivity index (χ0v) is 17.2. The Bertz CT molecular complexity index is 411. The number of nitrogens with zero attached hydrogens (tertiary/aromatic N) is 1. The van der Waals surface area contributed by atoms with Crippen LogP contribution in [0.3, 0.4) is 0 Å². The smallest absolute Gasteiger partial charge is 0.192 e. The third-order valence-corrected chi connectivity index (χ3v) is 10.4. The van der Waals surface area contributed by atoms with E-state index in [4.69, 9.17) is 13.9 Å². The molecule has 1 aliphatic rings. The van der Waals surface area contributed by atoms with E-state index >= 15 is 0 Å². The second-order valence-corrected chi connectivity index (χ2v) is 12.2. The van der Waals surface area contributed by atoms with Crippen LogP contribution >= 0.6 is 0 Å². The van der Waals surface area contributed by atoms with Crippen LogP contribution in [0.15, 0.2) is 0 Å². The van der Waals surface area contributed by atoms with Gasteiger partial charge in [0.15, 0.2) is 8.32 Å². The minimum Gasteiger partial charge on any atom is -0.413 e. The minimum atomic E-state index is -1.77. The van der Waals surface area contributed by atoms with Crippen LogP contribution in [0.2, 0.25) is 18.1 Å². The molecular weight excluding hydrogens is 322 g/mol. The van der Waals surface area contributed by atoms with Crippen molar-refractivity contribution in [3.8, 4) is 6.07 Å². The van der Waals surface area contributed by atoms with Gasteiger partial charge < -0.3 is 19.0 Å². The molecule has 4 atom stereocenters. The summed E-state index contributed by atoms with van der Waals surface area (Å²) in [5, 5.41) is 19.5. The summed E-state index contributed by atoms with van der Waals surface area (Å²) in [5.41, 5.74) is -0.250. The predicted molar refractivity (Wildman–Crippen MR) is 97.2 cm³/mol. The molecule has 6 heteroatoms. The molecule has 1 N–H and O–H groups in total. The maximum Gasteiger partial charge on any atom is 0.192 e. The first-order chi connectivity index (χ1) is 11.3. The summed E-state index contributed by atoms with van der Waals surface area (Å²) in [4.78, 5) is 0. The van der Waals surface area contributed by atoms with Crippen molar-refractivity contribution in [3.05, 3.63) is 0 Å². The second-order valence-electron chi connectivity index (χ2n) is 7.49. The van der Waals surface area contributed by atoms with Crippen molar-refractivity contribution in [3.63, 3.8) is 0 Å². The molecule has 0 aromatic rings. The van der Waals surface area contributed by atoms with Gasteiger partial charge in [0.25, 0.3) is 0 Å². The van der Waals surface area contributed by atoms with Crippen molar-refractivity contribution in [2.24, 2.45) is 5.41 Å². The number of rotatable bonds is 9. The van der Waals surface area contributed by atoms with Crippen molar-refractivity contribution in [2.45, 2.75) is 90.0 Å². The van der Waals surface area contributed by atoms with E-state index in [1.54, 1.807) is 7.11 Å². The highest BCUT2D eigenvalue weighted by atomic mass is 28.4. The van der Waals surface area contributed by atoms with Gasteiger partial charge in [-0.3, -0.25) is 0 Å². The summed E-state index contributed by atoms with van der Waals surface area (Å²) in [5.74, 6) is 0. The van der Waals surface area contributed by atoms with E-state index in [1.807, 2.05) is 0 Å². The van der Waals surface area contributed by atoms with Gasteiger partial charge >= 0.3 is 0 Å². The average Bonchev–Trinajstić information content (AvgIpc) is 2.56. The SMILES string of the molecule is CC[Si](CC)(CC)O[C@@H]1C[C@@H](C#N)O[C@H](C[C@@H](O)COC)C1(C)C. The lowest BCUT2D eigenvalue weighted by atomic mass is 9.74.